The van der Waals surface area contributed by atoms with Crippen LogP contribution in [0.3, 0.4) is 0 Å². The van der Waals surface area contributed by atoms with Gasteiger partial charge in [0.2, 0.25) is 0 Å². The summed E-state index contributed by atoms with van der Waals surface area (Å²) in [5.41, 5.74) is 6.66. The molecule has 0 fully saturated rings. The van der Waals surface area contributed by atoms with Crippen molar-refractivity contribution in [3.63, 3.8) is 0 Å². The van der Waals surface area contributed by atoms with Gasteiger partial charge in [-0.2, -0.15) is 0 Å². The molecule has 5 heteroatoms. The molecule has 1 aliphatic carbocycles. The summed E-state index contributed by atoms with van der Waals surface area (Å²) < 4.78 is 16.9. The molecule has 5 aromatic carbocycles. The Morgan fingerprint density at radius 3 is 1.73 bits per heavy atom. The lowest BCUT2D eigenvalue weighted by atomic mass is 9.67. The van der Waals surface area contributed by atoms with Crippen molar-refractivity contribution in [1.82, 2.24) is 0 Å². The lowest BCUT2D eigenvalue weighted by Crippen LogP contribution is -2.28. The molecule has 40 heavy (non-hydrogen) atoms. The minimum absolute atomic E-state index is 0.00353. The van der Waals surface area contributed by atoms with E-state index in [1.54, 1.807) is 0 Å². The zero-order chi connectivity index (χ0) is 27.4. The molecular formula is C35H32O5. The summed E-state index contributed by atoms with van der Waals surface area (Å²) in [6.45, 7) is 1.38. The summed E-state index contributed by atoms with van der Waals surface area (Å²) in [5, 5.41) is 20.5. The van der Waals surface area contributed by atoms with Crippen LogP contribution in [0.2, 0.25) is 0 Å². The molecule has 2 N–H and O–H groups in total. The molecule has 0 radical (unpaired) electrons. The van der Waals surface area contributed by atoms with Crippen LogP contribution in [0.15, 0.2) is 109 Å². The van der Waals surface area contributed by atoms with Gasteiger partial charge in [0.15, 0.2) is 0 Å². The molecule has 1 atom stereocenters. The molecule has 0 saturated carbocycles. The fourth-order valence-corrected chi connectivity index (χ4v) is 5.90. The third kappa shape index (κ3) is 4.62. The largest absolute Gasteiger partial charge is 0.491 e. The van der Waals surface area contributed by atoms with Gasteiger partial charge in [-0.05, 0) is 80.6 Å². The molecule has 6 rings (SSSR count). The Labute approximate surface area is 234 Å². The van der Waals surface area contributed by atoms with Gasteiger partial charge in [0.05, 0.1) is 31.8 Å². The van der Waals surface area contributed by atoms with Gasteiger partial charge < -0.3 is 24.4 Å². The monoisotopic (exact) mass is 532 g/mol. The van der Waals surface area contributed by atoms with Crippen LogP contribution in [-0.2, 0) is 10.2 Å². The van der Waals surface area contributed by atoms with E-state index < -0.39 is 5.41 Å². The van der Waals surface area contributed by atoms with Crippen molar-refractivity contribution in [2.75, 3.05) is 39.6 Å². The number of fused-ring (bicyclic) bond motifs is 4. The van der Waals surface area contributed by atoms with Gasteiger partial charge in [-0.25, -0.2) is 0 Å². The molecule has 1 unspecified atom stereocenters. The smallest absolute Gasteiger partial charge is 0.119 e. The van der Waals surface area contributed by atoms with Crippen molar-refractivity contribution in [2.24, 2.45) is 0 Å². The highest BCUT2D eigenvalue weighted by Gasteiger charge is 2.46. The van der Waals surface area contributed by atoms with Crippen LogP contribution in [-0.4, -0.2) is 49.9 Å². The van der Waals surface area contributed by atoms with Gasteiger partial charge in [-0.3, -0.25) is 0 Å². The van der Waals surface area contributed by atoms with Crippen molar-refractivity contribution >= 4 is 10.8 Å². The second-order valence-electron chi connectivity index (χ2n) is 9.85. The summed E-state index contributed by atoms with van der Waals surface area (Å²) >= 11 is 0. The van der Waals surface area contributed by atoms with Gasteiger partial charge in [0.1, 0.15) is 24.7 Å². The highest BCUT2D eigenvalue weighted by atomic mass is 16.5. The van der Waals surface area contributed by atoms with E-state index in [2.05, 4.69) is 84.9 Å². The zero-order valence-electron chi connectivity index (χ0n) is 22.3. The third-order valence-electron chi connectivity index (χ3n) is 7.58. The number of hydrogen-bond acceptors (Lipinski definition) is 5. The highest BCUT2D eigenvalue weighted by molar-refractivity contribution is 5.95. The van der Waals surface area contributed by atoms with Crippen LogP contribution in [0.1, 0.15) is 22.3 Å². The SMILES string of the molecule is OCCOCCOc1ccc(C2(c3ccc(OCCO)cc3)c3ccccc3-c3cc4ccccc4cc32)cc1. The molecule has 202 valence electrons. The topological polar surface area (TPSA) is 68.2 Å². The van der Waals surface area contributed by atoms with Crippen LogP contribution in [0.4, 0.5) is 0 Å². The first kappa shape index (κ1) is 26.1. The third-order valence-corrected chi connectivity index (χ3v) is 7.58. The van der Waals surface area contributed by atoms with E-state index in [-0.39, 0.29) is 19.8 Å². The van der Waals surface area contributed by atoms with Crippen molar-refractivity contribution in [1.29, 1.82) is 0 Å². The van der Waals surface area contributed by atoms with E-state index in [0.717, 1.165) is 22.6 Å². The number of aliphatic hydroxyl groups is 2. The minimum Gasteiger partial charge on any atom is -0.491 e. The van der Waals surface area contributed by atoms with E-state index in [4.69, 9.17) is 19.3 Å². The Hall–Kier alpha value is -4.16. The maximum atomic E-state index is 9.21. The first-order valence-corrected chi connectivity index (χ1v) is 13.6. The Morgan fingerprint density at radius 2 is 1.07 bits per heavy atom. The Morgan fingerprint density at radius 1 is 0.500 bits per heavy atom. The molecule has 1 aliphatic rings. The molecule has 0 aliphatic heterocycles. The molecule has 5 aromatic rings. The molecule has 0 heterocycles. The Kier molecular flexibility index (Phi) is 7.51. The van der Waals surface area contributed by atoms with Gasteiger partial charge in [-0.1, -0.05) is 72.8 Å². The van der Waals surface area contributed by atoms with Crippen LogP contribution >= 0.6 is 0 Å². The summed E-state index contributed by atoms with van der Waals surface area (Å²) in [7, 11) is 0. The maximum Gasteiger partial charge on any atom is 0.119 e. The minimum atomic E-state index is -0.547. The summed E-state index contributed by atoms with van der Waals surface area (Å²) in [6, 6.07) is 38.4. The Balaban J connectivity index is 1.51. The Bertz CT molecular complexity index is 1590. The summed E-state index contributed by atoms with van der Waals surface area (Å²) in [5.74, 6) is 1.49. The number of rotatable bonds is 11. The second-order valence-corrected chi connectivity index (χ2v) is 9.85. The lowest BCUT2D eigenvalue weighted by Gasteiger charge is -2.34. The average molecular weight is 533 g/mol. The molecule has 0 saturated heterocycles. The highest BCUT2D eigenvalue weighted by Crippen LogP contribution is 2.57. The summed E-state index contributed by atoms with van der Waals surface area (Å²) in [4.78, 5) is 0. The number of aliphatic hydroxyl groups excluding tert-OH is 2. The number of benzene rings is 5. The van der Waals surface area contributed by atoms with Gasteiger partial charge in [0.25, 0.3) is 0 Å². The lowest BCUT2D eigenvalue weighted by molar-refractivity contribution is 0.0705. The quantitative estimate of drug-likeness (QED) is 0.202. The molecule has 5 nitrogen and oxygen atoms in total. The van der Waals surface area contributed by atoms with Crippen LogP contribution < -0.4 is 9.47 Å². The van der Waals surface area contributed by atoms with Crippen molar-refractivity contribution in [3.05, 3.63) is 131 Å². The van der Waals surface area contributed by atoms with Crippen LogP contribution in [0.25, 0.3) is 21.9 Å². The van der Waals surface area contributed by atoms with Crippen molar-refractivity contribution < 1.29 is 24.4 Å². The maximum absolute atomic E-state index is 9.21. The predicted octanol–water partition coefficient (Wildman–Crippen LogP) is 5.96. The second kappa shape index (κ2) is 11.5. The van der Waals surface area contributed by atoms with Gasteiger partial charge >= 0.3 is 0 Å². The van der Waals surface area contributed by atoms with Gasteiger partial charge in [0, 0.05) is 0 Å². The fraction of sp³-hybridized carbons (Fsp3) is 0.200. The first-order chi connectivity index (χ1) is 19.8. The van der Waals surface area contributed by atoms with E-state index >= 15 is 0 Å². The normalized spacial score (nSPS) is 15.6. The molecular weight excluding hydrogens is 500 g/mol. The van der Waals surface area contributed by atoms with Crippen LogP contribution in [0.5, 0.6) is 11.5 Å². The number of hydrogen-bond donors (Lipinski definition) is 2. The summed E-state index contributed by atoms with van der Waals surface area (Å²) in [6.07, 6.45) is 0. The van der Waals surface area contributed by atoms with E-state index in [1.807, 2.05) is 24.3 Å². The van der Waals surface area contributed by atoms with E-state index in [0.29, 0.717) is 19.8 Å². The van der Waals surface area contributed by atoms with Gasteiger partial charge in [-0.15, -0.1) is 0 Å². The van der Waals surface area contributed by atoms with E-state index in [1.165, 1.54) is 33.0 Å². The van der Waals surface area contributed by atoms with Crippen molar-refractivity contribution in [3.8, 4) is 22.6 Å². The van der Waals surface area contributed by atoms with Crippen LogP contribution in [0, 0.1) is 0 Å². The van der Waals surface area contributed by atoms with Crippen molar-refractivity contribution in [2.45, 2.75) is 5.41 Å². The molecule has 0 aromatic heterocycles. The average Bonchev–Trinajstić information content (AvgIpc) is 3.29. The fourth-order valence-electron chi connectivity index (χ4n) is 5.90. The van der Waals surface area contributed by atoms with E-state index in [9.17, 15) is 5.11 Å². The predicted molar refractivity (Wildman–Crippen MR) is 157 cm³/mol. The molecule has 0 amide bonds. The number of ether oxygens (including phenoxy) is 3. The molecule has 0 spiro atoms. The first-order valence-electron chi connectivity index (χ1n) is 13.6. The molecule has 0 bridgehead atoms. The zero-order valence-corrected chi connectivity index (χ0v) is 22.3. The standard InChI is InChI=1S/C35H32O5/c36-17-19-38-21-22-40-30-15-11-28(12-16-30)35(27-9-13-29(14-10-27)39-20-18-37)33-8-4-3-7-31(33)32-23-25-5-1-2-6-26(25)24-34(32)35/h1-16,23-24,36-37H,17-22H2.